The second kappa shape index (κ2) is 7.46. The molecule has 0 bridgehead atoms. The number of likely N-dealkylation sites (N-methyl/N-ethyl adjacent to an activating group) is 1. The van der Waals surface area contributed by atoms with Crippen LogP contribution in [0, 0.1) is 17.8 Å². The van der Waals surface area contributed by atoms with Crippen molar-refractivity contribution in [3.8, 4) is 0 Å². The number of piperazine rings is 1. The van der Waals surface area contributed by atoms with Crippen molar-refractivity contribution in [2.24, 2.45) is 23.5 Å². The van der Waals surface area contributed by atoms with Crippen LogP contribution in [0.5, 0.6) is 0 Å². The van der Waals surface area contributed by atoms with Gasteiger partial charge in [0.2, 0.25) is 0 Å². The number of nitrogens with two attached hydrogens (primary N) is 1. The lowest BCUT2D eigenvalue weighted by Crippen LogP contribution is -2.56. The molecule has 3 heteroatoms. The normalized spacial score (nSPS) is 21.2. The van der Waals surface area contributed by atoms with Crippen LogP contribution in [0.25, 0.3) is 0 Å². The van der Waals surface area contributed by atoms with Crippen LogP contribution in [0.2, 0.25) is 0 Å². The molecule has 3 nitrogen and oxygen atoms in total. The first kappa shape index (κ1) is 15.9. The molecule has 18 heavy (non-hydrogen) atoms. The zero-order chi connectivity index (χ0) is 13.7. The molecule has 0 amide bonds. The van der Waals surface area contributed by atoms with Gasteiger partial charge in [-0.2, -0.15) is 0 Å². The summed E-state index contributed by atoms with van der Waals surface area (Å²) in [5, 5.41) is 0. The van der Waals surface area contributed by atoms with Crippen molar-refractivity contribution in [1.29, 1.82) is 0 Å². The molecule has 0 aliphatic carbocycles. The summed E-state index contributed by atoms with van der Waals surface area (Å²) in [5.41, 5.74) is 6.09. The van der Waals surface area contributed by atoms with Crippen molar-refractivity contribution in [2.75, 3.05) is 39.3 Å². The van der Waals surface area contributed by atoms with Crippen LogP contribution in [0.3, 0.4) is 0 Å². The number of hydrogen-bond donors (Lipinski definition) is 1. The zero-order valence-corrected chi connectivity index (χ0v) is 13.0. The lowest BCUT2D eigenvalue weighted by molar-refractivity contribution is 0.0462. The highest BCUT2D eigenvalue weighted by molar-refractivity contribution is 4.86. The zero-order valence-electron chi connectivity index (χ0n) is 13.0. The molecule has 1 unspecified atom stereocenters. The Labute approximate surface area is 114 Å². The Kier molecular flexibility index (Phi) is 6.61. The summed E-state index contributed by atoms with van der Waals surface area (Å²) >= 11 is 0. The quantitative estimate of drug-likeness (QED) is 0.786. The molecule has 1 atom stereocenters. The number of nitrogens with zero attached hydrogens (tertiary/aromatic N) is 2. The van der Waals surface area contributed by atoms with Crippen LogP contribution in [-0.4, -0.2) is 55.1 Å². The monoisotopic (exact) mass is 255 g/mol. The third-order valence-electron chi connectivity index (χ3n) is 4.55. The van der Waals surface area contributed by atoms with E-state index >= 15 is 0 Å². The predicted molar refractivity (Wildman–Crippen MR) is 79.7 cm³/mol. The first-order valence-electron chi connectivity index (χ1n) is 7.67. The molecule has 2 N–H and O–H groups in total. The molecule has 1 aliphatic rings. The van der Waals surface area contributed by atoms with Crippen LogP contribution in [0.15, 0.2) is 0 Å². The van der Waals surface area contributed by atoms with Gasteiger partial charge in [0.05, 0.1) is 0 Å². The van der Waals surface area contributed by atoms with E-state index in [-0.39, 0.29) is 0 Å². The average Bonchev–Trinajstić information content (AvgIpc) is 2.35. The Bertz CT molecular complexity index is 212. The van der Waals surface area contributed by atoms with E-state index in [0.717, 1.165) is 6.54 Å². The van der Waals surface area contributed by atoms with Gasteiger partial charge in [-0.25, -0.2) is 0 Å². The van der Waals surface area contributed by atoms with Gasteiger partial charge in [0.25, 0.3) is 0 Å². The minimum Gasteiger partial charge on any atom is -0.329 e. The Morgan fingerprint density at radius 2 is 1.44 bits per heavy atom. The minimum atomic E-state index is 0.559. The van der Waals surface area contributed by atoms with Crippen molar-refractivity contribution < 1.29 is 0 Å². The van der Waals surface area contributed by atoms with E-state index in [9.17, 15) is 0 Å². The Morgan fingerprint density at radius 3 is 1.78 bits per heavy atom. The summed E-state index contributed by atoms with van der Waals surface area (Å²) in [6.07, 6.45) is 0. The van der Waals surface area contributed by atoms with Crippen LogP contribution >= 0.6 is 0 Å². The van der Waals surface area contributed by atoms with Gasteiger partial charge in [-0.1, -0.05) is 34.6 Å². The molecular formula is C15H33N3. The molecule has 1 saturated heterocycles. The van der Waals surface area contributed by atoms with Crippen molar-refractivity contribution in [3.05, 3.63) is 0 Å². The maximum Gasteiger partial charge on any atom is 0.0252 e. The second-order valence-corrected chi connectivity index (χ2v) is 6.34. The van der Waals surface area contributed by atoms with Crippen LogP contribution in [0.1, 0.15) is 34.6 Å². The van der Waals surface area contributed by atoms with E-state index in [1.165, 1.54) is 32.7 Å². The number of hydrogen-bond acceptors (Lipinski definition) is 3. The lowest BCUT2D eigenvalue weighted by atomic mass is 9.79. The first-order chi connectivity index (χ1) is 8.51. The molecule has 0 saturated carbocycles. The third kappa shape index (κ3) is 3.94. The van der Waals surface area contributed by atoms with Crippen LogP contribution < -0.4 is 5.73 Å². The van der Waals surface area contributed by atoms with Gasteiger partial charge in [0, 0.05) is 38.8 Å². The maximum absolute atomic E-state index is 6.09. The van der Waals surface area contributed by atoms with Gasteiger partial charge in [-0.3, -0.25) is 4.90 Å². The van der Waals surface area contributed by atoms with Gasteiger partial charge in [0.15, 0.2) is 0 Å². The Hall–Kier alpha value is -0.120. The Balaban J connectivity index is 2.65. The lowest BCUT2D eigenvalue weighted by Gasteiger charge is -2.44. The van der Waals surface area contributed by atoms with E-state index in [4.69, 9.17) is 5.73 Å². The van der Waals surface area contributed by atoms with Crippen LogP contribution in [0.4, 0.5) is 0 Å². The van der Waals surface area contributed by atoms with Gasteiger partial charge in [-0.05, 0) is 24.3 Å². The molecule has 108 valence electrons. The van der Waals surface area contributed by atoms with Crippen molar-refractivity contribution >= 4 is 0 Å². The summed E-state index contributed by atoms with van der Waals surface area (Å²) in [6.45, 7) is 18.4. The summed E-state index contributed by atoms with van der Waals surface area (Å²) in [4.78, 5) is 5.17. The highest BCUT2D eigenvalue weighted by Gasteiger charge is 2.32. The molecule has 1 aliphatic heterocycles. The molecule has 1 rings (SSSR count). The predicted octanol–water partition coefficient (Wildman–Crippen LogP) is 1.88. The molecular weight excluding hydrogens is 222 g/mol. The highest BCUT2D eigenvalue weighted by Crippen LogP contribution is 2.27. The van der Waals surface area contributed by atoms with Gasteiger partial charge >= 0.3 is 0 Å². The van der Waals surface area contributed by atoms with Crippen molar-refractivity contribution in [1.82, 2.24) is 9.80 Å². The topological polar surface area (TPSA) is 32.5 Å². The van der Waals surface area contributed by atoms with Gasteiger partial charge in [-0.15, -0.1) is 0 Å². The smallest absolute Gasteiger partial charge is 0.0252 e. The first-order valence-corrected chi connectivity index (χ1v) is 7.67. The van der Waals surface area contributed by atoms with Crippen molar-refractivity contribution in [3.63, 3.8) is 0 Å². The van der Waals surface area contributed by atoms with Gasteiger partial charge < -0.3 is 10.6 Å². The summed E-state index contributed by atoms with van der Waals surface area (Å²) in [6, 6.07) is 0.559. The van der Waals surface area contributed by atoms with Crippen LogP contribution in [-0.2, 0) is 0 Å². The largest absolute Gasteiger partial charge is 0.329 e. The van der Waals surface area contributed by atoms with E-state index < -0.39 is 0 Å². The fourth-order valence-electron chi connectivity index (χ4n) is 3.62. The molecule has 0 radical (unpaired) electrons. The molecule has 0 spiro atoms. The fraction of sp³-hybridized carbons (Fsp3) is 1.00. The minimum absolute atomic E-state index is 0.559. The van der Waals surface area contributed by atoms with E-state index in [2.05, 4.69) is 44.4 Å². The van der Waals surface area contributed by atoms with E-state index in [0.29, 0.717) is 23.8 Å². The second-order valence-electron chi connectivity index (χ2n) is 6.34. The summed E-state index contributed by atoms with van der Waals surface area (Å²) < 4.78 is 0. The average molecular weight is 255 g/mol. The molecule has 0 aromatic carbocycles. The fourth-order valence-corrected chi connectivity index (χ4v) is 3.62. The third-order valence-corrected chi connectivity index (χ3v) is 4.55. The Morgan fingerprint density at radius 1 is 0.944 bits per heavy atom. The van der Waals surface area contributed by atoms with E-state index in [1.807, 2.05) is 0 Å². The molecule has 1 fully saturated rings. The van der Waals surface area contributed by atoms with Crippen molar-refractivity contribution in [2.45, 2.75) is 40.7 Å². The molecule has 0 aromatic heterocycles. The van der Waals surface area contributed by atoms with Gasteiger partial charge in [0.1, 0.15) is 0 Å². The molecule has 0 aromatic rings. The summed E-state index contributed by atoms with van der Waals surface area (Å²) in [7, 11) is 0. The summed E-state index contributed by atoms with van der Waals surface area (Å²) in [5.74, 6) is 2.13. The maximum atomic E-state index is 6.09. The highest BCUT2D eigenvalue weighted by atomic mass is 15.3. The SMILES string of the molecule is CCN1CCN(C(CN)C(C(C)C)C(C)C)CC1. The standard InChI is InChI=1S/C15H33N3/c1-6-17-7-9-18(10-8-17)14(11-16)15(12(2)3)13(4)5/h12-15H,6-11,16H2,1-5H3. The van der Waals surface area contributed by atoms with E-state index in [1.54, 1.807) is 0 Å². The molecule has 1 heterocycles. The number of rotatable bonds is 6.